The molecule has 4 rings (SSSR count). The van der Waals surface area contributed by atoms with Crippen molar-refractivity contribution in [1.29, 1.82) is 0 Å². The van der Waals surface area contributed by atoms with Gasteiger partial charge in [0.2, 0.25) is 0 Å². The molecule has 2 atom stereocenters. The van der Waals surface area contributed by atoms with Crippen LogP contribution in [0.2, 0.25) is 0 Å². The van der Waals surface area contributed by atoms with E-state index in [1.807, 2.05) is 6.07 Å². The summed E-state index contributed by atoms with van der Waals surface area (Å²) in [6.07, 6.45) is 9.42. The van der Waals surface area contributed by atoms with Gasteiger partial charge in [-0.1, -0.05) is 19.3 Å². The van der Waals surface area contributed by atoms with Gasteiger partial charge in [0.05, 0.1) is 0 Å². The highest BCUT2D eigenvalue weighted by Gasteiger charge is 2.33. The third-order valence-electron chi connectivity index (χ3n) is 5.44. The average molecular weight is 287 g/mol. The first-order valence-electron chi connectivity index (χ1n) is 8.44. The maximum absolute atomic E-state index is 5.59. The van der Waals surface area contributed by atoms with Crippen molar-refractivity contribution in [2.24, 2.45) is 17.7 Å². The van der Waals surface area contributed by atoms with Crippen molar-refractivity contribution in [3.8, 4) is 0 Å². The maximum atomic E-state index is 5.59. The molecular formula is C16H25N5. The highest BCUT2D eigenvalue weighted by molar-refractivity contribution is 5.50. The van der Waals surface area contributed by atoms with E-state index in [-0.39, 0.29) is 0 Å². The van der Waals surface area contributed by atoms with Gasteiger partial charge in [-0.05, 0) is 37.5 Å². The number of hydrazine groups is 1. The van der Waals surface area contributed by atoms with Crippen LogP contribution >= 0.6 is 0 Å². The molecule has 0 bridgehead atoms. The first kappa shape index (κ1) is 13.3. The molecule has 2 unspecified atom stereocenters. The zero-order valence-corrected chi connectivity index (χ0v) is 12.6. The van der Waals surface area contributed by atoms with E-state index >= 15 is 0 Å². The molecule has 2 saturated carbocycles. The molecule has 0 spiro atoms. The van der Waals surface area contributed by atoms with E-state index in [0.717, 1.165) is 42.4 Å². The first-order chi connectivity index (χ1) is 10.3. The molecule has 1 saturated heterocycles. The van der Waals surface area contributed by atoms with E-state index in [9.17, 15) is 0 Å². The molecule has 5 nitrogen and oxygen atoms in total. The van der Waals surface area contributed by atoms with Crippen molar-refractivity contribution in [2.75, 3.05) is 23.4 Å². The number of aromatic nitrogens is 2. The van der Waals surface area contributed by atoms with Crippen LogP contribution in [0, 0.1) is 11.8 Å². The monoisotopic (exact) mass is 287 g/mol. The van der Waals surface area contributed by atoms with E-state index in [4.69, 9.17) is 10.8 Å². The van der Waals surface area contributed by atoms with Gasteiger partial charge >= 0.3 is 0 Å². The number of nitrogens with two attached hydrogens (primary N) is 1. The van der Waals surface area contributed by atoms with Gasteiger partial charge in [0.25, 0.3) is 0 Å². The topological polar surface area (TPSA) is 67.1 Å². The highest BCUT2D eigenvalue weighted by Crippen LogP contribution is 2.40. The smallest absolute Gasteiger partial charge is 0.145 e. The standard InChI is InChI=1S/C16H25N5/c17-20-14-9-15(19-16(18-14)12-5-6-12)21-8-7-11-3-1-2-4-13(11)10-21/h9,11-13H,1-8,10,17H2,(H,18,19,20). The second kappa shape index (κ2) is 5.44. The number of nitrogens with one attached hydrogen (secondary N) is 1. The van der Waals surface area contributed by atoms with Crippen molar-refractivity contribution in [3.63, 3.8) is 0 Å². The van der Waals surface area contributed by atoms with Gasteiger partial charge < -0.3 is 10.3 Å². The van der Waals surface area contributed by atoms with Crippen molar-refractivity contribution in [1.82, 2.24) is 9.97 Å². The lowest BCUT2D eigenvalue weighted by atomic mass is 9.75. The zero-order chi connectivity index (χ0) is 14.2. The van der Waals surface area contributed by atoms with Gasteiger partial charge in [0.15, 0.2) is 0 Å². The Hall–Kier alpha value is -1.36. The summed E-state index contributed by atoms with van der Waals surface area (Å²) in [4.78, 5) is 11.8. The number of hydrogen-bond donors (Lipinski definition) is 2. The van der Waals surface area contributed by atoms with Crippen LogP contribution in [0.1, 0.15) is 56.7 Å². The zero-order valence-electron chi connectivity index (χ0n) is 12.6. The van der Waals surface area contributed by atoms with E-state index in [0.29, 0.717) is 5.92 Å². The lowest BCUT2D eigenvalue weighted by Gasteiger charge is -2.41. The summed E-state index contributed by atoms with van der Waals surface area (Å²) in [5.41, 5.74) is 2.71. The molecule has 2 aliphatic carbocycles. The van der Waals surface area contributed by atoms with Crippen LogP contribution in [0.15, 0.2) is 6.07 Å². The van der Waals surface area contributed by atoms with Crippen LogP contribution < -0.4 is 16.2 Å². The van der Waals surface area contributed by atoms with Crippen molar-refractivity contribution in [2.45, 2.75) is 50.9 Å². The summed E-state index contributed by atoms with van der Waals surface area (Å²) in [5.74, 6) is 10.8. The van der Waals surface area contributed by atoms with Gasteiger partial charge in [0, 0.05) is 25.1 Å². The van der Waals surface area contributed by atoms with Gasteiger partial charge in [0.1, 0.15) is 17.5 Å². The minimum absolute atomic E-state index is 0.560. The summed E-state index contributed by atoms with van der Waals surface area (Å²) in [6.45, 7) is 2.29. The van der Waals surface area contributed by atoms with Gasteiger partial charge in [-0.3, -0.25) is 0 Å². The number of hydrogen-bond acceptors (Lipinski definition) is 5. The molecule has 114 valence electrons. The summed E-state index contributed by atoms with van der Waals surface area (Å²) in [5, 5.41) is 0. The van der Waals surface area contributed by atoms with Crippen LogP contribution in [0.4, 0.5) is 11.6 Å². The maximum Gasteiger partial charge on any atom is 0.145 e. The summed E-state index contributed by atoms with van der Waals surface area (Å²) in [7, 11) is 0. The van der Waals surface area contributed by atoms with E-state index in [1.54, 1.807) is 0 Å². The van der Waals surface area contributed by atoms with Crippen molar-refractivity contribution in [3.05, 3.63) is 11.9 Å². The molecule has 3 fully saturated rings. The predicted octanol–water partition coefficient (Wildman–Crippen LogP) is 2.66. The Labute approximate surface area is 126 Å². The Morgan fingerprint density at radius 3 is 2.62 bits per heavy atom. The predicted molar refractivity (Wildman–Crippen MR) is 84.1 cm³/mol. The minimum atomic E-state index is 0.560. The van der Waals surface area contributed by atoms with Crippen LogP contribution in [0.5, 0.6) is 0 Å². The van der Waals surface area contributed by atoms with Gasteiger partial charge in [-0.15, -0.1) is 0 Å². The largest absolute Gasteiger partial charge is 0.356 e. The molecule has 0 radical (unpaired) electrons. The van der Waals surface area contributed by atoms with E-state index < -0.39 is 0 Å². The molecule has 2 heterocycles. The molecule has 5 heteroatoms. The second-order valence-corrected chi connectivity index (χ2v) is 6.93. The van der Waals surface area contributed by atoms with Crippen LogP contribution in [0.25, 0.3) is 0 Å². The summed E-state index contributed by atoms with van der Waals surface area (Å²) in [6, 6.07) is 2.01. The molecule has 1 aromatic rings. The fourth-order valence-corrected chi connectivity index (χ4v) is 4.02. The normalized spacial score (nSPS) is 29.1. The van der Waals surface area contributed by atoms with E-state index in [1.165, 1.54) is 44.9 Å². The van der Waals surface area contributed by atoms with Crippen molar-refractivity contribution < 1.29 is 0 Å². The number of piperidine rings is 1. The van der Waals surface area contributed by atoms with Crippen LogP contribution in [-0.2, 0) is 0 Å². The molecule has 21 heavy (non-hydrogen) atoms. The Bertz CT molecular complexity index is 513. The number of nitrogens with zero attached hydrogens (tertiary/aromatic N) is 3. The fraction of sp³-hybridized carbons (Fsp3) is 0.750. The quantitative estimate of drug-likeness (QED) is 0.661. The Kier molecular flexibility index (Phi) is 3.45. The number of fused-ring (bicyclic) bond motifs is 1. The average Bonchev–Trinajstić information content (AvgIpc) is 3.39. The Morgan fingerprint density at radius 1 is 1.05 bits per heavy atom. The second-order valence-electron chi connectivity index (χ2n) is 6.93. The van der Waals surface area contributed by atoms with Crippen molar-refractivity contribution >= 4 is 11.6 Å². The van der Waals surface area contributed by atoms with E-state index in [2.05, 4.69) is 15.3 Å². The minimum Gasteiger partial charge on any atom is -0.356 e. The Morgan fingerprint density at radius 2 is 1.86 bits per heavy atom. The molecule has 3 N–H and O–H groups in total. The van der Waals surface area contributed by atoms with Crippen LogP contribution in [0.3, 0.4) is 0 Å². The lowest BCUT2D eigenvalue weighted by Crippen LogP contribution is -2.42. The number of nitrogen functional groups attached to an aromatic ring is 1. The molecule has 0 aromatic carbocycles. The fourth-order valence-electron chi connectivity index (χ4n) is 4.02. The summed E-state index contributed by atoms with van der Waals surface area (Å²) >= 11 is 0. The molecule has 0 amide bonds. The number of anilines is 2. The van der Waals surface area contributed by atoms with Crippen LogP contribution in [-0.4, -0.2) is 23.1 Å². The first-order valence-corrected chi connectivity index (χ1v) is 8.44. The summed E-state index contributed by atoms with van der Waals surface area (Å²) < 4.78 is 0. The highest BCUT2D eigenvalue weighted by atomic mass is 15.3. The van der Waals surface area contributed by atoms with Gasteiger partial charge in [-0.2, -0.15) is 0 Å². The third-order valence-corrected chi connectivity index (χ3v) is 5.44. The SMILES string of the molecule is NNc1cc(N2CCC3CCCCC3C2)nc(C2CC2)n1. The lowest BCUT2D eigenvalue weighted by molar-refractivity contribution is 0.202. The van der Waals surface area contributed by atoms with Gasteiger partial charge in [-0.25, -0.2) is 15.8 Å². The third kappa shape index (κ3) is 2.71. The Balaban J connectivity index is 1.56. The molecule has 1 aliphatic heterocycles. The molecule has 1 aromatic heterocycles. The molecular weight excluding hydrogens is 262 g/mol. The molecule has 3 aliphatic rings. The number of rotatable bonds is 3.